The van der Waals surface area contributed by atoms with E-state index >= 15 is 0 Å². The molecule has 29 atom stereocenters. The molecule has 4 heterocycles. The number of aliphatic hydroxyl groups is 12. The molecule has 0 aromatic heterocycles. The molecule has 4 saturated heterocycles. The molecule has 8 fully saturated rings. The van der Waals surface area contributed by atoms with Crippen LogP contribution in [0.1, 0.15) is 107 Å². The van der Waals surface area contributed by atoms with Gasteiger partial charge in [-0.1, -0.05) is 66.2 Å². The summed E-state index contributed by atoms with van der Waals surface area (Å²) in [5.74, 6) is -3.59. The van der Waals surface area contributed by atoms with E-state index in [9.17, 15) is 80.8 Å². The fourth-order valence-electron chi connectivity index (χ4n) is 17.1. The SMILES string of the molecule is CC=CC(=O)O[C@H]1[C@H](OC(C)=O)[C@]2(CO)[C@H](O)C[C@]3(C)C(=CC[C@@H]4[C@@]5(C)CC[C@H](O[C@@H]6O[C@H](C(=O)O)[C@@H](O)[C@H](O[C@@H]7OC[C@H](O)[C@H](O)[C@H]7O[C@@H]7OC[C@@H](O)[C@H](O)[C@H]7O)[C@H]6O[C@@H]6O[C@H](CO)[C@H](O)[C@H](O)[C@H]6O)C(C)(C)C5CC[C@]43C)[C@@H]2CC1(C)C. The van der Waals surface area contributed by atoms with Gasteiger partial charge in [0.2, 0.25) is 0 Å². The highest BCUT2D eigenvalue weighted by Gasteiger charge is 2.74. The molecule has 26 heteroatoms. The summed E-state index contributed by atoms with van der Waals surface area (Å²) in [6.07, 6.45) is -29.3. The molecule has 0 radical (unpaired) electrons. The number of esters is 2. The molecule has 26 nitrogen and oxygen atoms in total. The van der Waals surface area contributed by atoms with Crippen LogP contribution in [-0.2, 0) is 61.8 Å². The minimum atomic E-state index is -2.21. The maximum Gasteiger partial charge on any atom is 0.335 e. The molecule has 13 N–H and O–H groups in total. The minimum Gasteiger partial charge on any atom is -0.479 e. The van der Waals surface area contributed by atoms with Gasteiger partial charge in [-0.25, -0.2) is 9.59 Å². The molecule has 84 heavy (non-hydrogen) atoms. The molecule has 5 aliphatic carbocycles. The number of carbonyl (C=O) groups excluding carboxylic acids is 2. The average Bonchev–Trinajstić information content (AvgIpc) is 0.683. The van der Waals surface area contributed by atoms with Crippen molar-refractivity contribution in [2.75, 3.05) is 26.4 Å². The third kappa shape index (κ3) is 10.8. The van der Waals surface area contributed by atoms with Crippen molar-refractivity contribution in [2.24, 2.45) is 50.2 Å². The number of hydrogen-bond donors (Lipinski definition) is 13. The number of ether oxygens (including phenoxy) is 10. The number of carboxylic acids is 1. The molecule has 478 valence electrons. The number of aliphatic hydroxyl groups excluding tert-OH is 12. The van der Waals surface area contributed by atoms with E-state index in [1.807, 2.05) is 27.7 Å². The third-order valence-electron chi connectivity index (χ3n) is 21.8. The van der Waals surface area contributed by atoms with Gasteiger partial charge in [0.1, 0.15) is 91.6 Å². The summed E-state index contributed by atoms with van der Waals surface area (Å²) >= 11 is 0. The lowest BCUT2D eigenvalue weighted by atomic mass is 9.33. The number of allylic oxidation sites excluding steroid dienone is 3. The number of carboxylic acid groups (broad SMARTS) is 1. The van der Waals surface area contributed by atoms with Gasteiger partial charge >= 0.3 is 17.9 Å². The van der Waals surface area contributed by atoms with Crippen molar-refractivity contribution in [3.8, 4) is 0 Å². The molecule has 4 aliphatic heterocycles. The maximum absolute atomic E-state index is 13.1. The molecule has 0 aromatic rings. The molecule has 4 saturated carbocycles. The highest BCUT2D eigenvalue weighted by molar-refractivity contribution is 5.82. The Balaban J connectivity index is 1.04. The van der Waals surface area contributed by atoms with Crippen LogP contribution in [0.2, 0.25) is 0 Å². The van der Waals surface area contributed by atoms with Crippen LogP contribution in [0.4, 0.5) is 0 Å². The Labute approximate surface area is 487 Å². The smallest absolute Gasteiger partial charge is 0.335 e. The van der Waals surface area contributed by atoms with Crippen LogP contribution in [0, 0.1) is 50.2 Å². The lowest BCUT2D eigenvalue weighted by Crippen LogP contribution is -2.72. The number of aliphatic carboxylic acids is 1. The number of hydrogen-bond acceptors (Lipinski definition) is 25. The molecular weight excluding hydrogens is 1110 g/mol. The normalized spacial score (nSPS) is 50.8. The lowest BCUT2D eigenvalue weighted by molar-refractivity contribution is -0.399. The van der Waals surface area contributed by atoms with Gasteiger partial charge in [0, 0.05) is 18.4 Å². The van der Waals surface area contributed by atoms with Crippen LogP contribution in [-0.4, -0.2) is 246 Å². The van der Waals surface area contributed by atoms with Gasteiger partial charge in [0.05, 0.1) is 44.1 Å². The Bertz CT molecular complexity index is 2440. The van der Waals surface area contributed by atoms with Crippen molar-refractivity contribution in [2.45, 2.75) is 242 Å². The van der Waals surface area contributed by atoms with E-state index in [0.29, 0.717) is 38.5 Å². The van der Waals surface area contributed by atoms with Crippen molar-refractivity contribution in [1.29, 1.82) is 0 Å². The van der Waals surface area contributed by atoms with Gasteiger partial charge in [-0.3, -0.25) is 4.79 Å². The Morgan fingerprint density at radius 2 is 1.29 bits per heavy atom. The van der Waals surface area contributed by atoms with Crippen LogP contribution < -0.4 is 0 Å². The Morgan fingerprint density at radius 3 is 1.92 bits per heavy atom. The van der Waals surface area contributed by atoms with Crippen molar-refractivity contribution >= 4 is 17.9 Å². The van der Waals surface area contributed by atoms with Gasteiger partial charge in [-0.05, 0) is 91.3 Å². The zero-order chi connectivity index (χ0) is 61.7. The van der Waals surface area contributed by atoms with E-state index < -0.39 is 218 Å². The number of fused-ring (bicyclic) bond motifs is 7. The Morgan fingerprint density at radius 1 is 0.655 bits per heavy atom. The summed E-state index contributed by atoms with van der Waals surface area (Å²) in [6.45, 7) is 15.0. The van der Waals surface area contributed by atoms with Crippen molar-refractivity contribution in [3.63, 3.8) is 0 Å². The van der Waals surface area contributed by atoms with E-state index in [1.165, 1.54) is 13.0 Å². The summed E-state index contributed by atoms with van der Waals surface area (Å²) in [5, 5.41) is 144. The van der Waals surface area contributed by atoms with Crippen LogP contribution >= 0.6 is 0 Å². The van der Waals surface area contributed by atoms with Crippen LogP contribution in [0.3, 0.4) is 0 Å². The quantitative estimate of drug-likeness (QED) is 0.0404. The van der Waals surface area contributed by atoms with Gasteiger partial charge in [0.15, 0.2) is 31.3 Å². The summed E-state index contributed by atoms with van der Waals surface area (Å²) < 4.78 is 60.7. The fourth-order valence-corrected chi connectivity index (χ4v) is 17.1. The predicted octanol–water partition coefficient (Wildman–Crippen LogP) is -1.58. The van der Waals surface area contributed by atoms with Crippen molar-refractivity contribution < 1.29 is 128 Å². The molecular formula is C58H90O26. The Kier molecular flexibility index (Phi) is 18.8. The first-order chi connectivity index (χ1) is 39.3. The summed E-state index contributed by atoms with van der Waals surface area (Å²) in [4.78, 5) is 39.2. The number of rotatable bonds is 14. The van der Waals surface area contributed by atoms with Crippen LogP contribution in [0.15, 0.2) is 23.8 Å². The largest absolute Gasteiger partial charge is 0.479 e. The zero-order valence-electron chi connectivity index (χ0n) is 49.1. The van der Waals surface area contributed by atoms with E-state index in [1.54, 1.807) is 13.0 Å². The fraction of sp³-hybridized carbons (Fsp3) is 0.879. The highest BCUT2D eigenvalue weighted by atomic mass is 16.8. The molecule has 0 spiro atoms. The molecule has 0 aromatic carbocycles. The highest BCUT2D eigenvalue weighted by Crippen LogP contribution is 2.76. The first-order valence-electron chi connectivity index (χ1n) is 29.4. The molecule has 0 amide bonds. The lowest BCUT2D eigenvalue weighted by Gasteiger charge is -2.72. The second kappa shape index (κ2) is 24.1. The second-order valence-corrected chi connectivity index (χ2v) is 27.2. The van der Waals surface area contributed by atoms with E-state index in [4.69, 9.17) is 47.4 Å². The monoisotopic (exact) mass is 1200 g/mol. The summed E-state index contributed by atoms with van der Waals surface area (Å²) in [5.41, 5.74) is -3.50. The van der Waals surface area contributed by atoms with E-state index in [-0.39, 0.29) is 18.3 Å². The molecule has 9 aliphatic rings. The van der Waals surface area contributed by atoms with Gasteiger partial charge in [-0.15, -0.1) is 0 Å². The summed E-state index contributed by atoms with van der Waals surface area (Å²) in [7, 11) is 0. The van der Waals surface area contributed by atoms with Gasteiger partial charge in [-0.2, -0.15) is 0 Å². The zero-order valence-corrected chi connectivity index (χ0v) is 49.1. The van der Waals surface area contributed by atoms with Crippen molar-refractivity contribution in [3.05, 3.63) is 23.8 Å². The number of carbonyl (C=O) groups is 3. The van der Waals surface area contributed by atoms with E-state index in [2.05, 4.69) is 26.8 Å². The topological polar surface area (TPSA) is 407 Å². The maximum atomic E-state index is 13.1. The van der Waals surface area contributed by atoms with Crippen molar-refractivity contribution in [1.82, 2.24) is 0 Å². The molecule has 9 rings (SSSR count). The van der Waals surface area contributed by atoms with Gasteiger partial charge in [0.25, 0.3) is 0 Å². The van der Waals surface area contributed by atoms with Crippen LogP contribution in [0.5, 0.6) is 0 Å². The average molecular weight is 1200 g/mol. The Hall–Kier alpha value is -2.91. The van der Waals surface area contributed by atoms with Crippen LogP contribution in [0.25, 0.3) is 0 Å². The van der Waals surface area contributed by atoms with Gasteiger partial charge < -0.3 is 114 Å². The standard InChI is InChI=1S/C58H90O26/c1-10-11-34(65)80-46-47(77-24(2)61)58(23-60)26(18-53(46,3)4)25-12-13-31-55(7)16-15-33(54(5,6)30(55)14-17-56(31,8)57(25,9)19-32(58)64)79-52-45(84-50-40(71)38(69)37(68)29(20-59)78-50)42(41(72)43(82-52)48(73)74)81-51-44(36(67)28(63)22-76-51)83-49-39(70)35(66)27(62)21-75-49/h10-12,26-33,35-47,49-52,59-60,62-64,66-72H,13-23H2,1-9H3,(H,73,74)/t26-,27+,28-,29+,30?,31+,32+,33-,35-,36-,37-,38-,39+,40+,41-,42-,43-,44+,45+,46-,47-,49-,50-,51-,52+,55-,56+,57+,58-/m0/s1. The molecule has 1 unspecified atom stereocenters. The molecule has 0 bridgehead atoms. The third-order valence-corrected chi connectivity index (χ3v) is 21.8. The van der Waals surface area contributed by atoms with E-state index in [0.717, 1.165) is 5.57 Å². The summed E-state index contributed by atoms with van der Waals surface area (Å²) in [6, 6.07) is 0. The first kappa shape index (κ1) is 65.5. The predicted molar refractivity (Wildman–Crippen MR) is 284 cm³/mol. The first-order valence-corrected chi connectivity index (χ1v) is 29.4. The second-order valence-electron chi connectivity index (χ2n) is 27.2. The minimum absolute atomic E-state index is 0.00699.